The first-order chi connectivity index (χ1) is 5.95. The third-order valence-electron chi connectivity index (χ3n) is 1.12. The smallest absolute Gasteiger partial charge is 0.451 e. The van der Waals surface area contributed by atoms with Crippen molar-refractivity contribution in [3.8, 4) is 0 Å². The number of alkyl halides is 3. The van der Waals surface area contributed by atoms with Gasteiger partial charge in [0.25, 0.3) is 5.82 Å². The fraction of sp³-hybridized carbons (Fsp3) is 0.400. The minimum atomic E-state index is -4.64. The average molecular weight is 195 g/mol. The first-order valence-corrected chi connectivity index (χ1v) is 3.03. The SMILES string of the molecule is COC(=O)c1n[nH]c(C(F)(F)F)n1. The molecule has 0 aliphatic rings. The summed E-state index contributed by atoms with van der Waals surface area (Å²) < 4.78 is 39.8. The molecule has 0 spiro atoms. The summed E-state index contributed by atoms with van der Waals surface area (Å²) >= 11 is 0. The van der Waals surface area contributed by atoms with Gasteiger partial charge in [-0.3, -0.25) is 5.10 Å². The molecule has 1 aromatic rings. The standard InChI is InChI=1S/C5H4F3N3O2/c1-13-3(12)2-9-4(11-10-2)5(6,7)8/h1H3,(H,9,10,11). The third-order valence-corrected chi connectivity index (χ3v) is 1.12. The average Bonchev–Trinajstić information content (AvgIpc) is 2.50. The normalized spacial score (nSPS) is 11.4. The minimum Gasteiger partial charge on any atom is -0.463 e. The molecule has 0 aliphatic carbocycles. The van der Waals surface area contributed by atoms with Crippen molar-refractivity contribution in [3.05, 3.63) is 11.6 Å². The molecule has 1 rings (SSSR count). The molecule has 0 saturated heterocycles. The van der Waals surface area contributed by atoms with E-state index < -0.39 is 23.8 Å². The molecule has 1 heterocycles. The van der Waals surface area contributed by atoms with E-state index in [0.29, 0.717) is 0 Å². The van der Waals surface area contributed by atoms with Gasteiger partial charge in [0.2, 0.25) is 5.82 Å². The van der Waals surface area contributed by atoms with Crippen molar-refractivity contribution < 1.29 is 22.7 Å². The molecule has 72 valence electrons. The van der Waals surface area contributed by atoms with Crippen LogP contribution >= 0.6 is 0 Å². The molecule has 0 amide bonds. The van der Waals surface area contributed by atoms with Gasteiger partial charge in [-0.1, -0.05) is 0 Å². The number of carbonyl (C=O) groups excluding carboxylic acids is 1. The number of aromatic nitrogens is 3. The first-order valence-electron chi connectivity index (χ1n) is 3.03. The molecular weight excluding hydrogens is 191 g/mol. The van der Waals surface area contributed by atoms with Gasteiger partial charge in [0.1, 0.15) is 0 Å². The summed E-state index contributed by atoms with van der Waals surface area (Å²) in [4.78, 5) is 13.5. The van der Waals surface area contributed by atoms with Gasteiger partial charge in [-0.25, -0.2) is 4.79 Å². The van der Waals surface area contributed by atoms with E-state index in [0.717, 1.165) is 7.11 Å². The highest BCUT2D eigenvalue weighted by Gasteiger charge is 2.36. The van der Waals surface area contributed by atoms with Crippen LogP contribution in [0.5, 0.6) is 0 Å². The number of halogens is 3. The van der Waals surface area contributed by atoms with E-state index >= 15 is 0 Å². The number of ether oxygens (including phenoxy) is 1. The van der Waals surface area contributed by atoms with Crippen LogP contribution in [0, 0.1) is 0 Å². The number of rotatable bonds is 1. The van der Waals surface area contributed by atoms with E-state index in [2.05, 4.69) is 14.8 Å². The lowest BCUT2D eigenvalue weighted by Crippen LogP contribution is -2.08. The molecule has 0 saturated carbocycles. The minimum absolute atomic E-state index is 0.644. The number of methoxy groups -OCH3 is 1. The zero-order chi connectivity index (χ0) is 10.1. The van der Waals surface area contributed by atoms with E-state index in [1.165, 1.54) is 0 Å². The Morgan fingerprint density at radius 3 is 2.54 bits per heavy atom. The molecule has 0 aromatic carbocycles. The van der Waals surface area contributed by atoms with E-state index in [1.807, 2.05) is 0 Å². The highest BCUT2D eigenvalue weighted by Crippen LogP contribution is 2.25. The zero-order valence-corrected chi connectivity index (χ0v) is 6.34. The van der Waals surface area contributed by atoms with Crippen molar-refractivity contribution in [2.24, 2.45) is 0 Å². The quantitative estimate of drug-likeness (QED) is 0.666. The number of hydrogen-bond donors (Lipinski definition) is 1. The number of esters is 1. The second kappa shape index (κ2) is 3.04. The van der Waals surface area contributed by atoms with Crippen LogP contribution in [-0.2, 0) is 10.9 Å². The maximum Gasteiger partial charge on any atom is 0.451 e. The molecule has 5 nitrogen and oxygen atoms in total. The van der Waals surface area contributed by atoms with Crippen LogP contribution in [-0.4, -0.2) is 28.3 Å². The molecule has 0 bridgehead atoms. The van der Waals surface area contributed by atoms with Crippen molar-refractivity contribution >= 4 is 5.97 Å². The zero-order valence-electron chi connectivity index (χ0n) is 6.34. The molecule has 0 radical (unpaired) electrons. The van der Waals surface area contributed by atoms with E-state index in [4.69, 9.17) is 0 Å². The van der Waals surface area contributed by atoms with Gasteiger partial charge < -0.3 is 4.74 Å². The summed E-state index contributed by atoms with van der Waals surface area (Å²) in [6.45, 7) is 0. The predicted molar refractivity (Wildman–Crippen MR) is 32.7 cm³/mol. The van der Waals surface area contributed by atoms with Crippen molar-refractivity contribution in [1.29, 1.82) is 0 Å². The number of nitrogens with zero attached hydrogens (tertiary/aromatic N) is 2. The molecule has 8 heteroatoms. The topological polar surface area (TPSA) is 67.9 Å². The fourth-order valence-corrected chi connectivity index (χ4v) is 0.571. The third kappa shape index (κ3) is 1.95. The van der Waals surface area contributed by atoms with Crippen LogP contribution in [0.15, 0.2) is 0 Å². The van der Waals surface area contributed by atoms with Gasteiger partial charge >= 0.3 is 12.1 Å². The highest BCUT2D eigenvalue weighted by molar-refractivity contribution is 5.84. The summed E-state index contributed by atoms with van der Waals surface area (Å²) in [5.41, 5.74) is 0. The predicted octanol–water partition coefficient (Wildman–Crippen LogP) is 0.610. The number of aromatic amines is 1. The number of nitrogens with one attached hydrogen (secondary N) is 1. The Morgan fingerprint density at radius 1 is 1.54 bits per heavy atom. The van der Waals surface area contributed by atoms with Crippen molar-refractivity contribution in [2.45, 2.75) is 6.18 Å². The Balaban J connectivity index is 2.93. The summed E-state index contributed by atoms with van der Waals surface area (Å²) in [6, 6.07) is 0. The van der Waals surface area contributed by atoms with Crippen molar-refractivity contribution in [2.75, 3.05) is 7.11 Å². The highest BCUT2D eigenvalue weighted by atomic mass is 19.4. The van der Waals surface area contributed by atoms with Crippen LogP contribution < -0.4 is 0 Å². The van der Waals surface area contributed by atoms with Gasteiger partial charge in [-0.05, 0) is 0 Å². The summed E-state index contributed by atoms with van der Waals surface area (Å²) in [5, 5.41) is 4.60. The number of carbonyl (C=O) groups is 1. The fourth-order valence-electron chi connectivity index (χ4n) is 0.571. The molecule has 1 aromatic heterocycles. The molecule has 1 N–H and O–H groups in total. The maximum atomic E-state index is 11.9. The second-order valence-corrected chi connectivity index (χ2v) is 2.00. The first kappa shape index (κ1) is 9.49. The Bertz CT molecular complexity index is 319. The van der Waals surface area contributed by atoms with Crippen LogP contribution in [0.2, 0.25) is 0 Å². The molecular formula is C5H4F3N3O2. The van der Waals surface area contributed by atoms with Crippen LogP contribution in [0.1, 0.15) is 16.4 Å². The van der Waals surface area contributed by atoms with Gasteiger partial charge in [0.15, 0.2) is 0 Å². The lowest BCUT2D eigenvalue weighted by Gasteiger charge is -1.98. The van der Waals surface area contributed by atoms with E-state index in [9.17, 15) is 18.0 Å². The van der Waals surface area contributed by atoms with Crippen molar-refractivity contribution in [3.63, 3.8) is 0 Å². The second-order valence-electron chi connectivity index (χ2n) is 2.00. The molecule has 13 heavy (non-hydrogen) atoms. The van der Waals surface area contributed by atoms with Crippen LogP contribution in [0.3, 0.4) is 0 Å². The van der Waals surface area contributed by atoms with Crippen LogP contribution in [0.25, 0.3) is 0 Å². The molecule has 0 unspecified atom stereocenters. The van der Waals surface area contributed by atoms with Crippen LogP contribution in [0.4, 0.5) is 13.2 Å². The van der Waals surface area contributed by atoms with Gasteiger partial charge in [0, 0.05) is 0 Å². The maximum absolute atomic E-state index is 11.9. The molecule has 0 aliphatic heterocycles. The number of H-pyrrole nitrogens is 1. The monoisotopic (exact) mass is 195 g/mol. The largest absolute Gasteiger partial charge is 0.463 e. The summed E-state index contributed by atoms with van der Waals surface area (Å²) in [6.07, 6.45) is -4.64. The Kier molecular flexibility index (Phi) is 2.22. The molecule has 0 atom stereocenters. The molecule has 0 fully saturated rings. The van der Waals surface area contributed by atoms with Gasteiger partial charge in [-0.2, -0.15) is 18.2 Å². The Morgan fingerprint density at radius 2 is 2.15 bits per heavy atom. The number of hydrogen-bond acceptors (Lipinski definition) is 4. The van der Waals surface area contributed by atoms with E-state index in [1.54, 1.807) is 5.10 Å². The Hall–Kier alpha value is -1.60. The van der Waals surface area contributed by atoms with Crippen molar-refractivity contribution in [1.82, 2.24) is 15.2 Å². The van der Waals surface area contributed by atoms with Gasteiger partial charge in [0.05, 0.1) is 7.11 Å². The van der Waals surface area contributed by atoms with Gasteiger partial charge in [-0.15, -0.1) is 5.10 Å². The van der Waals surface area contributed by atoms with E-state index in [-0.39, 0.29) is 0 Å². The summed E-state index contributed by atoms with van der Waals surface area (Å²) in [5.74, 6) is -2.99. The lowest BCUT2D eigenvalue weighted by molar-refractivity contribution is -0.144. The summed E-state index contributed by atoms with van der Waals surface area (Å²) in [7, 11) is 1.02. The lowest BCUT2D eigenvalue weighted by atomic mass is 10.6. The Labute approximate surface area is 69.9 Å².